The first-order valence-corrected chi connectivity index (χ1v) is 8.54. The van der Waals surface area contributed by atoms with Gasteiger partial charge in [-0.25, -0.2) is 0 Å². The zero-order valence-corrected chi connectivity index (χ0v) is 13.1. The topological polar surface area (TPSA) is 12.0 Å². The predicted octanol–water partition coefficient (Wildman–Crippen LogP) is 4.21. The molecule has 1 heteroatoms. The number of rotatable bonds is 5. The Balaban J connectivity index is 1.61. The van der Waals surface area contributed by atoms with E-state index in [4.69, 9.17) is 0 Å². The molecule has 0 aromatic heterocycles. The number of nitrogens with one attached hydrogen (secondary N) is 1. The normalized spacial score (nSPS) is 28.4. The van der Waals surface area contributed by atoms with E-state index < -0.39 is 0 Å². The van der Waals surface area contributed by atoms with Gasteiger partial charge in [-0.15, -0.1) is 0 Å². The Bertz CT molecular complexity index is 404. The molecule has 1 aromatic rings. The minimum atomic E-state index is 0.773. The van der Waals surface area contributed by atoms with E-state index in [1.54, 1.807) is 11.1 Å². The summed E-state index contributed by atoms with van der Waals surface area (Å²) in [6.45, 7) is 5.87. The van der Waals surface area contributed by atoms with Crippen molar-refractivity contribution in [3.8, 4) is 0 Å². The standard InChI is InChI=1S/C19H29N/c1-14(2)6-5-11-20-19-17-9-10-18(19)13-16-8-4-3-7-15(16)12-17/h3-4,7-8,14,17-20H,5-6,9-13H2,1-2H3. The van der Waals surface area contributed by atoms with Crippen LogP contribution in [0.25, 0.3) is 0 Å². The van der Waals surface area contributed by atoms with Crippen molar-refractivity contribution in [1.82, 2.24) is 5.32 Å². The Hall–Kier alpha value is -0.820. The second kappa shape index (κ2) is 6.30. The first kappa shape index (κ1) is 14.1. The minimum Gasteiger partial charge on any atom is -0.313 e. The molecule has 0 radical (unpaired) electrons. The van der Waals surface area contributed by atoms with Crippen LogP contribution in [0.15, 0.2) is 24.3 Å². The second-order valence-corrected chi connectivity index (χ2v) is 7.29. The van der Waals surface area contributed by atoms with Crippen LogP contribution in [0.2, 0.25) is 0 Å². The van der Waals surface area contributed by atoms with Crippen LogP contribution in [-0.4, -0.2) is 12.6 Å². The number of hydrogen-bond acceptors (Lipinski definition) is 1. The van der Waals surface area contributed by atoms with Crippen LogP contribution in [-0.2, 0) is 12.8 Å². The fraction of sp³-hybridized carbons (Fsp3) is 0.684. The first-order valence-electron chi connectivity index (χ1n) is 8.54. The summed E-state index contributed by atoms with van der Waals surface area (Å²) in [6, 6.07) is 9.90. The molecule has 2 aliphatic carbocycles. The molecule has 0 saturated heterocycles. The Morgan fingerprint density at radius 2 is 1.65 bits per heavy atom. The van der Waals surface area contributed by atoms with Crippen LogP contribution in [0.5, 0.6) is 0 Å². The van der Waals surface area contributed by atoms with Crippen LogP contribution in [0.4, 0.5) is 0 Å². The van der Waals surface area contributed by atoms with Crippen LogP contribution < -0.4 is 5.32 Å². The summed E-state index contributed by atoms with van der Waals surface area (Å²) in [6.07, 6.45) is 8.15. The summed E-state index contributed by atoms with van der Waals surface area (Å²) in [5.41, 5.74) is 3.24. The lowest BCUT2D eigenvalue weighted by Crippen LogP contribution is -2.38. The third-order valence-electron chi connectivity index (χ3n) is 5.34. The molecule has 1 nitrogen and oxygen atoms in total. The summed E-state index contributed by atoms with van der Waals surface area (Å²) in [5.74, 6) is 2.59. The highest BCUT2D eigenvalue weighted by Gasteiger charge is 2.38. The molecule has 2 bridgehead atoms. The van der Waals surface area contributed by atoms with Crippen LogP contribution >= 0.6 is 0 Å². The molecular formula is C19H29N. The minimum absolute atomic E-state index is 0.773. The first-order chi connectivity index (χ1) is 9.74. The van der Waals surface area contributed by atoms with E-state index in [0.29, 0.717) is 0 Å². The highest BCUT2D eigenvalue weighted by molar-refractivity contribution is 5.30. The highest BCUT2D eigenvalue weighted by Crippen LogP contribution is 2.39. The second-order valence-electron chi connectivity index (χ2n) is 7.29. The maximum Gasteiger partial charge on any atom is 0.0130 e. The quantitative estimate of drug-likeness (QED) is 0.791. The molecule has 1 aromatic carbocycles. The molecule has 0 spiro atoms. The molecule has 1 N–H and O–H groups in total. The van der Waals surface area contributed by atoms with Crippen LogP contribution in [0, 0.1) is 17.8 Å². The van der Waals surface area contributed by atoms with E-state index in [1.165, 1.54) is 45.1 Å². The number of hydrogen-bond donors (Lipinski definition) is 1. The SMILES string of the molecule is CC(C)CCCNC1C2CCC1Cc1ccccc1C2. The van der Waals surface area contributed by atoms with E-state index in [-0.39, 0.29) is 0 Å². The van der Waals surface area contributed by atoms with Crippen LogP contribution in [0.1, 0.15) is 50.7 Å². The maximum atomic E-state index is 3.91. The van der Waals surface area contributed by atoms with Gasteiger partial charge in [-0.2, -0.15) is 0 Å². The molecule has 20 heavy (non-hydrogen) atoms. The van der Waals surface area contributed by atoms with E-state index in [0.717, 1.165) is 23.8 Å². The van der Waals surface area contributed by atoms with Gasteiger partial charge in [0.2, 0.25) is 0 Å². The van der Waals surface area contributed by atoms with Gasteiger partial charge < -0.3 is 5.32 Å². The van der Waals surface area contributed by atoms with Crippen molar-refractivity contribution in [3.05, 3.63) is 35.4 Å². The predicted molar refractivity (Wildman–Crippen MR) is 85.9 cm³/mol. The van der Waals surface area contributed by atoms with Gasteiger partial charge >= 0.3 is 0 Å². The lowest BCUT2D eigenvalue weighted by molar-refractivity contribution is 0.336. The Morgan fingerprint density at radius 3 is 2.20 bits per heavy atom. The third-order valence-corrected chi connectivity index (χ3v) is 5.34. The zero-order valence-electron chi connectivity index (χ0n) is 13.1. The molecule has 1 saturated carbocycles. The Labute approximate surface area is 124 Å². The van der Waals surface area contributed by atoms with Crippen molar-refractivity contribution in [2.45, 2.75) is 58.4 Å². The Morgan fingerprint density at radius 1 is 1.05 bits per heavy atom. The van der Waals surface area contributed by atoms with Crippen molar-refractivity contribution in [2.24, 2.45) is 17.8 Å². The van der Waals surface area contributed by atoms with Gasteiger partial charge in [0.1, 0.15) is 0 Å². The molecule has 3 rings (SSSR count). The highest BCUT2D eigenvalue weighted by atomic mass is 14.9. The summed E-state index contributed by atoms with van der Waals surface area (Å²) in [7, 11) is 0. The molecule has 0 amide bonds. The Kier molecular flexibility index (Phi) is 4.45. The van der Waals surface area contributed by atoms with Gasteiger partial charge in [0.15, 0.2) is 0 Å². The fourth-order valence-corrected chi connectivity index (χ4v) is 4.26. The van der Waals surface area contributed by atoms with Crippen molar-refractivity contribution >= 4 is 0 Å². The summed E-state index contributed by atoms with van der Waals surface area (Å²) in [5, 5.41) is 3.91. The molecular weight excluding hydrogens is 242 g/mol. The largest absolute Gasteiger partial charge is 0.313 e. The molecule has 1 fully saturated rings. The number of fused-ring (bicyclic) bond motifs is 3. The molecule has 110 valence electrons. The van der Waals surface area contributed by atoms with Gasteiger partial charge in [0, 0.05) is 6.04 Å². The lowest BCUT2D eigenvalue weighted by Gasteiger charge is -2.24. The van der Waals surface area contributed by atoms with Crippen molar-refractivity contribution in [3.63, 3.8) is 0 Å². The molecule has 2 unspecified atom stereocenters. The van der Waals surface area contributed by atoms with Crippen LogP contribution in [0.3, 0.4) is 0 Å². The summed E-state index contributed by atoms with van der Waals surface area (Å²) < 4.78 is 0. The smallest absolute Gasteiger partial charge is 0.0130 e. The van der Waals surface area contributed by atoms with Crippen molar-refractivity contribution in [2.75, 3.05) is 6.54 Å². The maximum absolute atomic E-state index is 3.91. The molecule has 0 aliphatic heterocycles. The zero-order chi connectivity index (χ0) is 13.9. The van der Waals surface area contributed by atoms with Gasteiger partial charge in [0.25, 0.3) is 0 Å². The van der Waals surface area contributed by atoms with E-state index >= 15 is 0 Å². The van der Waals surface area contributed by atoms with Crippen molar-refractivity contribution in [1.29, 1.82) is 0 Å². The van der Waals surface area contributed by atoms with Gasteiger partial charge in [-0.05, 0) is 74.0 Å². The molecule has 2 atom stereocenters. The summed E-state index contributed by atoms with van der Waals surface area (Å²) >= 11 is 0. The van der Waals surface area contributed by atoms with E-state index in [9.17, 15) is 0 Å². The average Bonchev–Trinajstić information content (AvgIpc) is 2.69. The van der Waals surface area contributed by atoms with E-state index in [2.05, 4.69) is 43.4 Å². The van der Waals surface area contributed by atoms with Gasteiger partial charge in [0.05, 0.1) is 0 Å². The number of benzene rings is 1. The molecule has 0 heterocycles. The van der Waals surface area contributed by atoms with Gasteiger partial charge in [-0.3, -0.25) is 0 Å². The van der Waals surface area contributed by atoms with Gasteiger partial charge in [-0.1, -0.05) is 38.1 Å². The van der Waals surface area contributed by atoms with Crippen molar-refractivity contribution < 1.29 is 0 Å². The fourth-order valence-electron chi connectivity index (χ4n) is 4.26. The monoisotopic (exact) mass is 271 g/mol. The van der Waals surface area contributed by atoms with E-state index in [1.807, 2.05) is 0 Å². The summed E-state index contributed by atoms with van der Waals surface area (Å²) in [4.78, 5) is 0. The average molecular weight is 271 g/mol. The molecule has 2 aliphatic rings. The third kappa shape index (κ3) is 3.09. The lowest BCUT2D eigenvalue weighted by atomic mass is 9.94.